The average Bonchev–Trinajstić information content (AvgIpc) is 3.69. The Hall–Kier alpha value is -3.71. The summed E-state index contributed by atoms with van der Waals surface area (Å²) in [5.41, 5.74) is 2.00. The molecule has 3 aromatic rings. The smallest absolute Gasteiger partial charge is 0.233 e. The number of hydrogen-bond donors (Lipinski definition) is 1. The summed E-state index contributed by atoms with van der Waals surface area (Å²) in [4.78, 5) is 30.4. The molecule has 0 aromatic heterocycles. The van der Waals surface area contributed by atoms with Crippen LogP contribution in [-0.2, 0) is 27.1 Å². The molecule has 2 amide bonds. The summed E-state index contributed by atoms with van der Waals surface area (Å²) in [7, 11) is 3.46. The van der Waals surface area contributed by atoms with Gasteiger partial charge in [0.1, 0.15) is 11.6 Å². The van der Waals surface area contributed by atoms with Crippen LogP contribution in [0.4, 0.5) is 4.39 Å². The Morgan fingerprint density at radius 2 is 1.68 bits per heavy atom. The molecule has 1 saturated heterocycles. The number of methoxy groups -OCH3 is 1. The van der Waals surface area contributed by atoms with E-state index in [-0.39, 0.29) is 29.1 Å². The molecule has 1 N–H and O–H groups in total. The van der Waals surface area contributed by atoms with Crippen molar-refractivity contribution in [2.45, 2.75) is 43.7 Å². The molecule has 0 spiro atoms. The monoisotopic (exact) mass is 543 g/mol. The number of carbonyl (C=O) groups excluding carboxylic acids is 2. The number of benzene rings is 3. The lowest BCUT2D eigenvalue weighted by Crippen LogP contribution is -2.53. The van der Waals surface area contributed by atoms with E-state index in [4.69, 9.17) is 4.74 Å². The first-order valence-electron chi connectivity index (χ1n) is 14.0. The first kappa shape index (κ1) is 27.8. The molecule has 1 saturated carbocycles. The van der Waals surface area contributed by atoms with Crippen molar-refractivity contribution in [1.82, 2.24) is 15.1 Å². The minimum Gasteiger partial charge on any atom is -0.497 e. The van der Waals surface area contributed by atoms with Crippen LogP contribution >= 0.6 is 0 Å². The van der Waals surface area contributed by atoms with Crippen molar-refractivity contribution in [2.75, 3.05) is 33.8 Å². The molecule has 1 heterocycles. The van der Waals surface area contributed by atoms with Gasteiger partial charge in [0, 0.05) is 40.2 Å². The van der Waals surface area contributed by atoms with E-state index in [1.807, 2.05) is 49.5 Å². The Bertz CT molecular complexity index is 1340. The fourth-order valence-electron chi connectivity index (χ4n) is 6.47. The second-order valence-corrected chi connectivity index (χ2v) is 11.3. The van der Waals surface area contributed by atoms with Crippen LogP contribution in [0.15, 0.2) is 78.9 Å². The lowest BCUT2D eigenvalue weighted by molar-refractivity contribution is -0.133. The lowest BCUT2D eigenvalue weighted by atomic mass is 9.80. The molecule has 3 aromatic carbocycles. The topological polar surface area (TPSA) is 61.9 Å². The molecule has 1 aliphatic carbocycles. The van der Waals surface area contributed by atoms with Gasteiger partial charge in [-0.2, -0.15) is 0 Å². The van der Waals surface area contributed by atoms with Gasteiger partial charge in [-0.1, -0.05) is 54.6 Å². The van der Waals surface area contributed by atoms with Crippen LogP contribution in [0.25, 0.3) is 0 Å². The number of piperidine rings is 1. The summed E-state index contributed by atoms with van der Waals surface area (Å²) in [5, 5.41) is 3.25. The highest BCUT2D eigenvalue weighted by Gasteiger charge is 2.62. The van der Waals surface area contributed by atoms with Gasteiger partial charge in [0.15, 0.2) is 0 Å². The van der Waals surface area contributed by atoms with Gasteiger partial charge in [0.2, 0.25) is 11.8 Å². The van der Waals surface area contributed by atoms with Crippen molar-refractivity contribution < 1.29 is 18.7 Å². The first-order valence-corrected chi connectivity index (χ1v) is 14.0. The Labute approximate surface area is 236 Å². The van der Waals surface area contributed by atoms with Gasteiger partial charge in [-0.15, -0.1) is 0 Å². The first-order chi connectivity index (χ1) is 19.3. The third-order valence-electron chi connectivity index (χ3n) is 8.68. The second-order valence-electron chi connectivity index (χ2n) is 11.3. The standard InChI is InChI=1S/C33H38FN3O3/c1-24(38)35-32(26-8-5-4-6-9-26)16-18-37(19-17-32)23-28-21-33(28,27-10-7-11-30(20-27)40-3)31(39)36(2)22-25-12-14-29(34)15-13-25/h4-15,20,28H,16-19,21-23H2,1-3H3,(H,35,38)/t28-,33+/m0/s1. The van der Waals surface area contributed by atoms with E-state index in [0.717, 1.165) is 61.3 Å². The Morgan fingerprint density at radius 3 is 2.33 bits per heavy atom. The van der Waals surface area contributed by atoms with Crippen LogP contribution in [-0.4, -0.2) is 55.4 Å². The molecule has 210 valence electrons. The number of halogens is 1. The maximum atomic E-state index is 14.1. The third-order valence-corrected chi connectivity index (χ3v) is 8.68. The number of amides is 2. The molecule has 2 atom stereocenters. The van der Waals surface area contributed by atoms with Gasteiger partial charge in [0.25, 0.3) is 0 Å². The molecule has 40 heavy (non-hydrogen) atoms. The van der Waals surface area contributed by atoms with Crippen molar-refractivity contribution in [2.24, 2.45) is 5.92 Å². The average molecular weight is 544 g/mol. The summed E-state index contributed by atoms with van der Waals surface area (Å²) in [6, 6.07) is 24.4. The van der Waals surface area contributed by atoms with Crippen LogP contribution in [0.5, 0.6) is 5.75 Å². The Morgan fingerprint density at radius 1 is 1.00 bits per heavy atom. The molecule has 7 heteroatoms. The molecular weight excluding hydrogens is 505 g/mol. The van der Waals surface area contributed by atoms with Crippen LogP contribution in [0.1, 0.15) is 42.9 Å². The predicted octanol–water partition coefficient (Wildman–Crippen LogP) is 4.88. The van der Waals surface area contributed by atoms with Crippen molar-refractivity contribution in [3.8, 4) is 5.75 Å². The van der Waals surface area contributed by atoms with E-state index in [1.165, 1.54) is 12.1 Å². The van der Waals surface area contributed by atoms with E-state index in [9.17, 15) is 14.0 Å². The van der Waals surface area contributed by atoms with Gasteiger partial charge in [0.05, 0.1) is 18.1 Å². The van der Waals surface area contributed by atoms with Crippen molar-refractivity contribution in [3.63, 3.8) is 0 Å². The zero-order chi connectivity index (χ0) is 28.3. The number of rotatable bonds is 9. The van der Waals surface area contributed by atoms with Crippen molar-refractivity contribution in [1.29, 1.82) is 0 Å². The molecular formula is C33H38FN3O3. The molecule has 0 bridgehead atoms. The van der Waals surface area contributed by atoms with Gasteiger partial charge < -0.3 is 19.9 Å². The molecule has 2 aliphatic rings. The molecule has 6 nitrogen and oxygen atoms in total. The van der Waals surface area contributed by atoms with E-state index >= 15 is 0 Å². The zero-order valence-electron chi connectivity index (χ0n) is 23.5. The van der Waals surface area contributed by atoms with Crippen LogP contribution < -0.4 is 10.1 Å². The minimum absolute atomic E-state index is 0.0219. The summed E-state index contributed by atoms with van der Waals surface area (Å²) in [6.45, 7) is 4.46. The zero-order valence-corrected chi connectivity index (χ0v) is 23.5. The third kappa shape index (κ3) is 5.61. The summed E-state index contributed by atoms with van der Waals surface area (Å²) in [5.74, 6) is 0.657. The van der Waals surface area contributed by atoms with Crippen LogP contribution in [0, 0.1) is 11.7 Å². The number of nitrogens with one attached hydrogen (secondary N) is 1. The van der Waals surface area contributed by atoms with Gasteiger partial charge in [-0.25, -0.2) is 4.39 Å². The van der Waals surface area contributed by atoms with Gasteiger partial charge in [-0.05, 0) is 66.1 Å². The minimum atomic E-state index is -0.630. The highest BCUT2D eigenvalue weighted by Crippen LogP contribution is 2.56. The highest BCUT2D eigenvalue weighted by molar-refractivity contribution is 5.92. The fourth-order valence-corrected chi connectivity index (χ4v) is 6.47. The second kappa shape index (κ2) is 11.4. The summed E-state index contributed by atoms with van der Waals surface area (Å²) >= 11 is 0. The maximum Gasteiger partial charge on any atom is 0.233 e. The molecule has 0 radical (unpaired) electrons. The van der Waals surface area contributed by atoms with Gasteiger partial charge in [-0.3, -0.25) is 9.59 Å². The number of likely N-dealkylation sites (N-methyl/N-ethyl adjacent to an activating group) is 1. The van der Waals surface area contributed by atoms with Crippen molar-refractivity contribution >= 4 is 11.8 Å². The lowest BCUT2D eigenvalue weighted by Gasteiger charge is -2.43. The number of nitrogens with zero attached hydrogens (tertiary/aromatic N) is 2. The normalized spacial score (nSPS) is 21.9. The van der Waals surface area contributed by atoms with E-state index in [1.54, 1.807) is 31.1 Å². The highest BCUT2D eigenvalue weighted by atomic mass is 19.1. The van der Waals surface area contributed by atoms with E-state index in [0.29, 0.717) is 6.54 Å². The van der Waals surface area contributed by atoms with Gasteiger partial charge >= 0.3 is 0 Å². The number of hydrogen-bond acceptors (Lipinski definition) is 4. The van der Waals surface area contributed by atoms with Crippen LogP contribution in [0.3, 0.4) is 0 Å². The number of likely N-dealkylation sites (tertiary alicyclic amines) is 1. The molecule has 1 aliphatic heterocycles. The molecule has 5 rings (SSSR count). The van der Waals surface area contributed by atoms with E-state index < -0.39 is 5.41 Å². The van der Waals surface area contributed by atoms with Crippen LogP contribution in [0.2, 0.25) is 0 Å². The molecule has 2 fully saturated rings. The largest absolute Gasteiger partial charge is 0.497 e. The number of carbonyl (C=O) groups is 2. The SMILES string of the molecule is COc1cccc([C@]2(C(=O)N(C)Cc3ccc(F)cc3)C[C@H]2CN2CCC(NC(C)=O)(c3ccccc3)CC2)c1. The maximum absolute atomic E-state index is 14.1. The molecule has 0 unspecified atom stereocenters. The fraction of sp³-hybridized carbons (Fsp3) is 0.394. The Balaban J connectivity index is 1.33. The number of ether oxygens (including phenoxy) is 1. The quantitative estimate of drug-likeness (QED) is 0.418. The predicted molar refractivity (Wildman–Crippen MR) is 153 cm³/mol. The Kier molecular flexibility index (Phi) is 7.95. The summed E-state index contributed by atoms with van der Waals surface area (Å²) < 4.78 is 18.9. The van der Waals surface area contributed by atoms with Crippen molar-refractivity contribution in [3.05, 3.63) is 101 Å². The summed E-state index contributed by atoms with van der Waals surface area (Å²) in [6.07, 6.45) is 2.39. The van der Waals surface area contributed by atoms with E-state index in [2.05, 4.69) is 22.3 Å².